The smallest absolute Gasteiger partial charge is 0.175 e. The molecule has 0 aliphatic rings. The fourth-order valence-corrected chi connectivity index (χ4v) is 0.300. The van der Waals surface area contributed by atoms with E-state index in [4.69, 9.17) is 5.11 Å². The molecule has 0 rings (SSSR count). The Kier molecular flexibility index (Phi) is 11.6. The van der Waals surface area contributed by atoms with Gasteiger partial charge in [-0.1, -0.05) is 7.43 Å². The lowest BCUT2D eigenvalue weighted by Crippen LogP contribution is -2.36. The molecule has 0 heterocycles. The number of ketones is 1. The highest BCUT2D eigenvalue weighted by Gasteiger charge is 2.02. The Hall–Kier alpha value is -0.940. The van der Waals surface area contributed by atoms with Gasteiger partial charge in [0, 0.05) is 6.92 Å². The van der Waals surface area contributed by atoms with E-state index < -0.39 is 11.8 Å². The van der Waals surface area contributed by atoms with Crippen LogP contribution in [0.4, 0.5) is 0 Å². The van der Waals surface area contributed by atoms with Gasteiger partial charge in [-0.25, -0.2) is 0 Å². The van der Waals surface area contributed by atoms with Crippen molar-refractivity contribution in [3.05, 3.63) is 0 Å². The summed E-state index contributed by atoms with van der Waals surface area (Å²) in [6.45, 7) is 2.05. The largest absolute Gasteiger partial charge is 0.542 e. The number of hydrogen-bond acceptors (Lipinski definition) is 4. The molecule has 14 heavy (non-hydrogen) atoms. The third kappa shape index (κ3) is 22.5. The van der Waals surface area contributed by atoms with E-state index in [1.165, 1.54) is 0 Å². The first-order chi connectivity index (χ1) is 5.70. The number of carbonyl (C=O) groups is 2. The molecule has 0 saturated carbocycles. The van der Waals surface area contributed by atoms with Crippen molar-refractivity contribution in [3.63, 3.8) is 0 Å². The van der Waals surface area contributed by atoms with Crippen molar-refractivity contribution in [3.8, 4) is 0 Å². The van der Waals surface area contributed by atoms with E-state index in [1.807, 2.05) is 0 Å². The molecule has 0 saturated heterocycles. The number of hydrogen-bond donors (Lipinski definition) is 1. The molecule has 0 aromatic carbocycles. The Balaban J connectivity index is -0.000000163. The number of likely N-dealkylation sites (N-methyl/N-ethyl adjacent to an activating group) is 1. The maximum absolute atomic E-state index is 9.48. The first-order valence-electron chi connectivity index (χ1n) is 3.84. The fourth-order valence-electron chi connectivity index (χ4n) is 0.300. The minimum Gasteiger partial charge on any atom is -0.542 e. The van der Waals surface area contributed by atoms with Crippen LogP contribution in [0.15, 0.2) is 0 Å². The van der Waals surface area contributed by atoms with Crippen LogP contribution in [-0.4, -0.2) is 55.6 Å². The van der Waals surface area contributed by atoms with Crippen molar-refractivity contribution in [1.29, 1.82) is 0 Å². The van der Waals surface area contributed by atoms with Crippen LogP contribution in [0.5, 0.6) is 0 Å². The second-order valence-electron chi connectivity index (χ2n) is 3.58. The second-order valence-corrected chi connectivity index (χ2v) is 3.58. The number of Topliss-reactive ketones (excluding diaryl/α,β-unsaturated/α-hetero) is 1. The van der Waals surface area contributed by atoms with Gasteiger partial charge < -0.3 is 19.5 Å². The number of carbonyl (C=O) groups excluding carboxylic acids is 2. The predicted octanol–water partition coefficient (Wildman–Crippen LogP) is -1.35. The summed E-state index contributed by atoms with van der Waals surface area (Å²) in [5.41, 5.74) is 0. The molecule has 86 valence electrons. The monoisotopic (exact) mass is 207 g/mol. The molecule has 0 aliphatic heterocycles. The van der Waals surface area contributed by atoms with Crippen molar-refractivity contribution in [2.24, 2.45) is 0 Å². The number of rotatable bonds is 3. The van der Waals surface area contributed by atoms with Gasteiger partial charge >= 0.3 is 0 Å². The molecule has 0 fully saturated rings. The van der Waals surface area contributed by atoms with Gasteiger partial charge in [-0.05, 0) is 0 Å². The average molecular weight is 207 g/mol. The van der Waals surface area contributed by atoms with Crippen LogP contribution in [0.3, 0.4) is 0 Å². The lowest BCUT2D eigenvalue weighted by atomic mass is 10.5. The van der Waals surface area contributed by atoms with Gasteiger partial charge in [0.05, 0.1) is 27.7 Å². The summed E-state index contributed by atoms with van der Waals surface area (Å²) in [6.07, 6.45) is 0. The fraction of sp³-hybridized carbons (Fsp3) is 0.778. The lowest BCUT2D eigenvalue weighted by molar-refractivity contribution is -0.870. The first kappa shape index (κ1) is 18.8. The van der Waals surface area contributed by atoms with E-state index in [9.17, 15) is 14.7 Å². The summed E-state index contributed by atoms with van der Waals surface area (Å²) in [5, 5.41) is 17.6. The normalized spacial score (nSPS) is 9.21. The zero-order valence-electron chi connectivity index (χ0n) is 8.53. The summed E-state index contributed by atoms with van der Waals surface area (Å²) in [4.78, 5) is 18.7. The van der Waals surface area contributed by atoms with E-state index in [1.54, 1.807) is 0 Å². The Bertz CT molecular complexity index is 160. The molecule has 0 bridgehead atoms. The van der Waals surface area contributed by atoms with Gasteiger partial charge in [-0.3, -0.25) is 4.79 Å². The van der Waals surface area contributed by atoms with E-state index >= 15 is 0 Å². The van der Waals surface area contributed by atoms with E-state index in [-0.39, 0.29) is 14.0 Å². The maximum atomic E-state index is 9.48. The topological polar surface area (TPSA) is 77.4 Å². The molecule has 1 N–H and O–H groups in total. The number of aliphatic hydroxyl groups is 1. The summed E-state index contributed by atoms with van der Waals surface area (Å²) < 4.78 is 0.844. The van der Waals surface area contributed by atoms with Gasteiger partial charge in [-0.15, -0.1) is 0 Å². The predicted molar refractivity (Wildman–Crippen MR) is 52.4 cm³/mol. The Morgan fingerprint density at radius 1 is 1.29 bits per heavy atom. The number of quaternary nitrogens is 1. The van der Waals surface area contributed by atoms with Crippen LogP contribution in [0.1, 0.15) is 14.4 Å². The van der Waals surface area contributed by atoms with E-state index in [0.29, 0.717) is 0 Å². The molecule has 0 radical (unpaired) electrons. The van der Waals surface area contributed by atoms with Gasteiger partial charge in [-0.2, -0.15) is 0 Å². The van der Waals surface area contributed by atoms with Crippen molar-refractivity contribution in [2.45, 2.75) is 14.4 Å². The summed E-state index contributed by atoms with van der Waals surface area (Å²) in [6, 6.07) is 0. The van der Waals surface area contributed by atoms with Gasteiger partial charge in [0.15, 0.2) is 5.78 Å². The standard InChI is InChI=1S/C5H14NO.C3H4O3.CH4/c1-6(2,3)4-5-7;1-2(4)3(5)6;/h7H,4-5H2,1-3H3;1H3,(H,5,6);1H4/q+1;;/p-1. The van der Waals surface area contributed by atoms with Crippen molar-refractivity contribution in [2.75, 3.05) is 34.3 Å². The molecular formula is C9H21NO4. The molecule has 5 nitrogen and oxygen atoms in total. The molecule has 0 aromatic rings. The first-order valence-corrected chi connectivity index (χ1v) is 3.84. The highest BCUT2D eigenvalue weighted by Crippen LogP contribution is 1.84. The third-order valence-corrected chi connectivity index (χ3v) is 1.06. The molecule has 5 heteroatoms. The number of aliphatic carboxylic acids is 1. The van der Waals surface area contributed by atoms with E-state index in [0.717, 1.165) is 18.0 Å². The Labute approximate surface area is 85.6 Å². The molecule has 0 unspecified atom stereocenters. The number of carboxylic acid groups (broad SMARTS) is 1. The Morgan fingerprint density at radius 2 is 1.57 bits per heavy atom. The van der Waals surface area contributed by atoms with Gasteiger partial charge in [0.25, 0.3) is 0 Å². The SMILES string of the molecule is C.CC(=O)C(=O)[O-].C[N+](C)(C)CCO. The van der Waals surface area contributed by atoms with Crippen molar-refractivity contribution in [1.82, 2.24) is 0 Å². The molecule has 0 spiro atoms. The van der Waals surface area contributed by atoms with Gasteiger partial charge in [0.1, 0.15) is 12.5 Å². The number of nitrogens with zero attached hydrogens (tertiary/aromatic N) is 1. The average Bonchev–Trinajstić information content (AvgIpc) is 1.85. The molecule has 0 aromatic heterocycles. The highest BCUT2D eigenvalue weighted by molar-refractivity contribution is 6.30. The van der Waals surface area contributed by atoms with Crippen LogP contribution in [0, 0.1) is 0 Å². The summed E-state index contributed by atoms with van der Waals surface area (Å²) in [5.74, 6) is -2.56. The van der Waals surface area contributed by atoms with Crippen LogP contribution in [0.25, 0.3) is 0 Å². The second kappa shape index (κ2) is 8.65. The van der Waals surface area contributed by atoms with Crippen molar-refractivity contribution < 1.29 is 24.3 Å². The Morgan fingerprint density at radius 3 is 1.57 bits per heavy atom. The highest BCUT2D eigenvalue weighted by atomic mass is 16.4. The van der Waals surface area contributed by atoms with Crippen LogP contribution in [-0.2, 0) is 9.59 Å². The minimum atomic E-state index is -1.63. The third-order valence-electron chi connectivity index (χ3n) is 1.06. The molecule has 0 atom stereocenters. The number of carboxylic acids is 1. The van der Waals surface area contributed by atoms with Crippen molar-refractivity contribution >= 4 is 11.8 Å². The molecular weight excluding hydrogens is 186 g/mol. The molecule has 0 aliphatic carbocycles. The van der Waals surface area contributed by atoms with Crippen LogP contribution >= 0.6 is 0 Å². The maximum Gasteiger partial charge on any atom is 0.175 e. The van der Waals surface area contributed by atoms with E-state index in [2.05, 4.69) is 21.1 Å². The molecule has 0 amide bonds. The lowest BCUT2D eigenvalue weighted by Gasteiger charge is -2.21. The zero-order valence-corrected chi connectivity index (χ0v) is 8.53. The number of aliphatic hydroxyl groups excluding tert-OH is 1. The quantitative estimate of drug-likeness (QED) is 0.458. The minimum absolute atomic E-state index is 0. The zero-order chi connectivity index (χ0) is 11.1. The summed E-state index contributed by atoms with van der Waals surface area (Å²) >= 11 is 0. The van der Waals surface area contributed by atoms with Crippen LogP contribution < -0.4 is 5.11 Å². The van der Waals surface area contributed by atoms with Gasteiger partial charge in [0.2, 0.25) is 0 Å². The summed E-state index contributed by atoms with van der Waals surface area (Å²) in [7, 11) is 6.16. The van der Waals surface area contributed by atoms with Crippen LogP contribution in [0.2, 0.25) is 0 Å².